The van der Waals surface area contributed by atoms with E-state index >= 15 is 0 Å². The summed E-state index contributed by atoms with van der Waals surface area (Å²) < 4.78 is 21.0. The summed E-state index contributed by atoms with van der Waals surface area (Å²) in [6, 6.07) is 10.7. The third-order valence-electron chi connectivity index (χ3n) is 3.77. The first-order valence-electron chi connectivity index (χ1n) is 7.60. The number of ketones is 1. The molecule has 0 spiro atoms. The van der Waals surface area contributed by atoms with Gasteiger partial charge < -0.3 is 24.3 Å². The standard InChI is InChI=1S/C18H19NO5/c1-21-13-4-5-14(17(10-13)22-2)19-8-7-15(20)12-3-6-16-18(9-12)24-11-23-16/h3-6,9-10,19H,7-8,11H2,1-2H3. The van der Waals surface area contributed by atoms with Crippen molar-refractivity contribution in [3.63, 3.8) is 0 Å². The highest BCUT2D eigenvalue weighted by molar-refractivity contribution is 5.97. The van der Waals surface area contributed by atoms with Crippen LogP contribution in [0, 0.1) is 0 Å². The number of hydrogen-bond donors (Lipinski definition) is 1. The highest BCUT2D eigenvalue weighted by atomic mass is 16.7. The minimum atomic E-state index is 0.0354. The van der Waals surface area contributed by atoms with Gasteiger partial charge in [-0.1, -0.05) is 0 Å². The fourth-order valence-corrected chi connectivity index (χ4v) is 2.47. The Morgan fingerprint density at radius 3 is 2.71 bits per heavy atom. The number of fused-ring (bicyclic) bond motifs is 1. The molecule has 0 saturated carbocycles. The molecule has 0 fully saturated rings. The van der Waals surface area contributed by atoms with E-state index in [0.717, 1.165) is 5.69 Å². The molecule has 0 atom stereocenters. The highest BCUT2D eigenvalue weighted by Crippen LogP contribution is 2.33. The maximum atomic E-state index is 12.3. The summed E-state index contributed by atoms with van der Waals surface area (Å²) in [4.78, 5) is 12.3. The second kappa shape index (κ2) is 7.12. The predicted octanol–water partition coefficient (Wildman–Crippen LogP) is 3.12. The van der Waals surface area contributed by atoms with E-state index < -0.39 is 0 Å². The Balaban J connectivity index is 1.59. The lowest BCUT2D eigenvalue weighted by molar-refractivity contribution is 0.0986. The Hall–Kier alpha value is -2.89. The molecule has 1 heterocycles. The Bertz CT molecular complexity index is 744. The summed E-state index contributed by atoms with van der Waals surface area (Å²) in [5.74, 6) is 2.71. The molecule has 3 rings (SSSR count). The van der Waals surface area contributed by atoms with Crippen LogP contribution in [-0.4, -0.2) is 33.3 Å². The van der Waals surface area contributed by atoms with Crippen LogP contribution in [0.15, 0.2) is 36.4 Å². The van der Waals surface area contributed by atoms with Crippen LogP contribution >= 0.6 is 0 Å². The van der Waals surface area contributed by atoms with Crippen molar-refractivity contribution in [2.75, 3.05) is 32.9 Å². The number of anilines is 1. The van der Waals surface area contributed by atoms with Crippen LogP contribution in [0.4, 0.5) is 5.69 Å². The summed E-state index contributed by atoms with van der Waals surface area (Å²) >= 11 is 0. The topological polar surface area (TPSA) is 66.0 Å². The fourth-order valence-electron chi connectivity index (χ4n) is 2.47. The van der Waals surface area contributed by atoms with E-state index in [1.54, 1.807) is 38.5 Å². The summed E-state index contributed by atoms with van der Waals surface area (Å²) in [6.07, 6.45) is 0.356. The van der Waals surface area contributed by atoms with Gasteiger partial charge in [0.1, 0.15) is 11.5 Å². The second-order valence-corrected chi connectivity index (χ2v) is 5.23. The molecule has 1 aliphatic rings. The van der Waals surface area contributed by atoms with Gasteiger partial charge in [-0.2, -0.15) is 0 Å². The van der Waals surface area contributed by atoms with Crippen LogP contribution < -0.4 is 24.3 Å². The zero-order chi connectivity index (χ0) is 16.9. The lowest BCUT2D eigenvalue weighted by Gasteiger charge is -2.12. The second-order valence-electron chi connectivity index (χ2n) is 5.23. The van der Waals surface area contributed by atoms with Crippen LogP contribution in [0.2, 0.25) is 0 Å². The molecule has 2 aromatic carbocycles. The van der Waals surface area contributed by atoms with Crippen LogP contribution in [0.5, 0.6) is 23.0 Å². The van der Waals surface area contributed by atoms with Crippen molar-refractivity contribution in [3.8, 4) is 23.0 Å². The molecule has 1 N–H and O–H groups in total. The number of Topliss-reactive ketones (excluding diaryl/α,β-unsaturated/α-hetero) is 1. The Morgan fingerprint density at radius 2 is 1.92 bits per heavy atom. The maximum absolute atomic E-state index is 12.3. The van der Waals surface area contributed by atoms with Crippen molar-refractivity contribution in [3.05, 3.63) is 42.0 Å². The molecular weight excluding hydrogens is 310 g/mol. The van der Waals surface area contributed by atoms with E-state index in [4.69, 9.17) is 18.9 Å². The van der Waals surface area contributed by atoms with Gasteiger partial charge in [-0.15, -0.1) is 0 Å². The molecule has 0 aliphatic carbocycles. The molecule has 0 aromatic heterocycles. The quantitative estimate of drug-likeness (QED) is 0.787. The van der Waals surface area contributed by atoms with Crippen molar-refractivity contribution >= 4 is 11.5 Å². The minimum absolute atomic E-state index is 0.0354. The maximum Gasteiger partial charge on any atom is 0.231 e. The number of methoxy groups -OCH3 is 2. The van der Waals surface area contributed by atoms with Gasteiger partial charge >= 0.3 is 0 Å². The van der Waals surface area contributed by atoms with Crippen LogP contribution in [0.1, 0.15) is 16.8 Å². The van der Waals surface area contributed by atoms with Crippen molar-refractivity contribution in [1.82, 2.24) is 0 Å². The number of hydrogen-bond acceptors (Lipinski definition) is 6. The molecular formula is C18H19NO5. The zero-order valence-corrected chi connectivity index (χ0v) is 13.6. The molecule has 2 aromatic rings. The summed E-state index contributed by atoms with van der Waals surface area (Å²) in [7, 11) is 3.20. The van der Waals surface area contributed by atoms with Crippen molar-refractivity contribution < 1.29 is 23.7 Å². The number of benzene rings is 2. The number of ether oxygens (including phenoxy) is 4. The molecule has 0 bridgehead atoms. The summed E-state index contributed by atoms with van der Waals surface area (Å²) in [5.41, 5.74) is 1.43. The number of nitrogens with one attached hydrogen (secondary N) is 1. The smallest absolute Gasteiger partial charge is 0.231 e. The van der Waals surface area contributed by atoms with E-state index in [2.05, 4.69) is 5.32 Å². The molecule has 6 heteroatoms. The zero-order valence-electron chi connectivity index (χ0n) is 13.6. The minimum Gasteiger partial charge on any atom is -0.497 e. The summed E-state index contributed by atoms with van der Waals surface area (Å²) in [6.45, 7) is 0.696. The van der Waals surface area contributed by atoms with E-state index in [-0.39, 0.29) is 12.6 Å². The van der Waals surface area contributed by atoms with Crippen molar-refractivity contribution in [2.24, 2.45) is 0 Å². The van der Waals surface area contributed by atoms with Gasteiger partial charge in [0, 0.05) is 24.6 Å². The van der Waals surface area contributed by atoms with Gasteiger partial charge in [0.2, 0.25) is 6.79 Å². The molecule has 6 nitrogen and oxygen atoms in total. The molecule has 0 unspecified atom stereocenters. The van der Waals surface area contributed by atoms with Crippen LogP contribution in [-0.2, 0) is 0 Å². The fraction of sp³-hybridized carbons (Fsp3) is 0.278. The van der Waals surface area contributed by atoms with Gasteiger partial charge in [-0.05, 0) is 30.3 Å². The lowest BCUT2D eigenvalue weighted by atomic mass is 10.1. The van der Waals surface area contributed by atoms with E-state index in [0.29, 0.717) is 41.5 Å². The molecule has 1 aliphatic heterocycles. The molecule has 0 saturated heterocycles. The molecule has 126 valence electrons. The normalized spacial score (nSPS) is 11.9. The average Bonchev–Trinajstić information content (AvgIpc) is 3.09. The Kier molecular flexibility index (Phi) is 4.74. The van der Waals surface area contributed by atoms with Crippen LogP contribution in [0.3, 0.4) is 0 Å². The van der Waals surface area contributed by atoms with Gasteiger partial charge in [-0.25, -0.2) is 0 Å². The van der Waals surface area contributed by atoms with E-state index in [1.165, 1.54) is 0 Å². The van der Waals surface area contributed by atoms with Crippen molar-refractivity contribution in [1.29, 1.82) is 0 Å². The predicted molar refractivity (Wildman–Crippen MR) is 89.5 cm³/mol. The monoisotopic (exact) mass is 329 g/mol. The number of rotatable bonds is 7. The first kappa shape index (κ1) is 16.0. The SMILES string of the molecule is COc1ccc(NCCC(=O)c2ccc3c(c2)OCO3)c(OC)c1. The van der Waals surface area contributed by atoms with Crippen LogP contribution in [0.25, 0.3) is 0 Å². The van der Waals surface area contributed by atoms with Gasteiger partial charge in [0.25, 0.3) is 0 Å². The first-order valence-corrected chi connectivity index (χ1v) is 7.60. The Morgan fingerprint density at radius 1 is 1.08 bits per heavy atom. The third-order valence-corrected chi connectivity index (χ3v) is 3.77. The largest absolute Gasteiger partial charge is 0.497 e. The van der Waals surface area contributed by atoms with Gasteiger partial charge in [0.05, 0.1) is 19.9 Å². The molecule has 0 radical (unpaired) electrons. The number of carbonyl (C=O) groups is 1. The van der Waals surface area contributed by atoms with E-state index in [1.807, 2.05) is 12.1 Å². The average molecular weight is 329 g/mol. The lowest BCUT2D eigenvalue weighted by Crippen LogP contribution is -2.09. The molecule has 24 heavy (non-hydrogen) atoms. The van der Waals surface area contributed by atoms with Gasteiger partial charge in [-0.3, -0.25) is 4.79 Å². The van der Waals surface area contributed by atoms with Crippen molar-refractivity contribution in [2.45, 2.75) is 6.42 Å². The number of carbonyl (C=O) groups excluding carboxylic acids is 1. The third kappa shape index (κ3) is 3.37. The first-order chi connectivity index (χ1) is 11.7. The highest BCUT2D eigenvalue weighted by Gasteiger charge is 2.16. The van der Waals surface area contributed by atoms with Gasteiger partial charge in [0.15, 0.2) is 17.3 Å². The molecule has 0 amide bonds. The van der Waals surface area contributed by atoms with E-state index in [9.17, 15) is 4.79 Å². The summed E-state index contributed by atoms with van der Waals surface area (Å²) in [5, 5.41) is 3.21. The Labute approximate surface area is 140 Å².